The Bertz CT molecular complexity index is 803. The number of aliphatic hydroxyl groups is 1. The van der Waals surface area contributed by atoms with Crippen LogP contribution in [0.2, 0.25) is 0 Å². The number of nitrogens with one attached hydrogen (secondary N) is 1. The van der Waals surface area contributed by atoms with Gasteiger partial charge in [0.25, 0.3) is 0 Å². The Morgan fingerprint density at radius 2 is 2.00 bits per heavy atom. The molecule has 0 radical (unpaired) electrons. The summed E-state index contributed by atoms with van der Waals surface area (Å²) >= 11 is 0. The minimum atomic E-state index is -0.607. The first kappa shape index (κ1) is 14.2. The van der Waals surface area contributed by atoms with E-state index in [4.69, 9.17) is 10.00 Å². The van der Waals surface area contributed by atoms with E-state index in [0.717, 1.165) is 22.2 Å². The highest BCUT2D eigenvalue weighted by Gasteiger charge is 2.11. The van der Waals surface area contributed by atoms with Crippen LogP contribution in [0.15, 0.2) is 54.7 Å². The number of ether oxygens (including phenoxy) is 1. The number of aromatic nitrogens is 1. The van der Waals surface area contributed by atoms with Crippen molar-refractivity contribution >= 4 is 10.9 Å². The first-order valence-corrected chi connectivity index (χ1v) is 7.12. The lowest BCUT2D eigenvalue weighted by Gasteiger charge is -2.12. The third-order valence-electron chi connectivity index (χ3n) is 3.54. The van der Waals surface area contributed by atoms with Crippen molar-refractivity contribution in [1.29, 1.82) is 5.26 Å². The molecule has 3 rings (SSSR count). The van der Waals surface area contributed by atoms with Gasteiger partial charge in [-0.05, 0) is 35.9 Å². The van der Waals surface area contributed by atoms with Crippen LogP contribution in [-0.4, -0.2) is 22.8 Å². The number of nitriles is 1. The van der Waals surface area contributed by atoms with Crippen molar-refractivity contribution in [3.05, 3.63) is 65.9 Å². The molecule has 3 aromatic rings. The predicted octanol–water partition coefficient (Wildman–Crippen LogP) is 3.02. The van der Waals surface area contributed by atoms with E-state index in [-0.39, 0.29) is 6.61 Å². The number of hydrogen-bond acceptors (Lipinski definition) is 3. The Hall–Kier alpha value is -2.77. The molecule has 22 heavy (non-hydrogen) atoms. The van der Waals surface area contributed by atoms with Crippen LogP contribution in [0.5, 0.6) is 5.75 Å². The van der Waals surface area contributed by atoms with Crippen LogP contribution in [0.1, 0.15) is 11.1 Å². The fourth-order valence-corrected chi connectivity index (χ4v) is 2.44. The molecular formula is C18H16N2O2. The van der Waals surface area contributed by atoms with Crippen molar-refractivity contribution in [2.24, 2.45) is 0 Å². The summed E-state index contributed by atoms with van der Waals surface area (Å²) in [5.74, 6) is 0.743. The molecule has 1 unspecified atom stereocenters. The Morgan fingerprint density at radius 3 is 2.77 bits per heavy atom. The van der Waals surface area contributed by atoms with E-state index >= 15 is 0 Å². The van der Waals surface area contributed by atoms with Gasteiger partial charge in [-0.25, -0.2) is 0 Å². The summed E-state index contributed by atoms with van der Waals surface area (Å²) < 4.78 is 5.56. The summed E-state index contributed by atoms with van der Waals surface area (Å²) in [6.45, 7) is 0.231. The van der Waals surface area contributed by atoms with Crippen molar-refractivity contribution in [1.82, 2.24) is 4.98 Å². The first-order valence-electron chi connectivity index (χ1n) is 7.12. The highest BCUT2D eigenvalue weighted by molar-refractivity contribution is 5.84. The second-order valence-corrected chi connectivity index (χ2v) is 5.17. The van der Waals surface area contributed by atoms with E-state index in [0.29, 0.717) is 12.0 Å². The maximum atomic E-state index is 10.2. The van der Waals surface area contributed by atoms with Crippen LogP contribution in [-0.2, 0) is 6.42 Å². The maximum absolute atomic E-state index is 10.2. The van der Waals surface area contributed by atoms with Gasteiger partial charge in [-0.1, -0.05) is 18.2 Å². The number of hydrogen-bond donors (Lipinski definition) is 2. The van der Waals surface area contributed by atoms with Crippen LogP contribution in [0.4, 0.5) is 0 Å². The minimum absolute atomic E-state index is 0.231. The molecule has 0 aliphatic carbocycles. The second-order valence-electron chi connectivity index (χ2n) is 5.17. The van der Waals surface area contributed by atoms with Crippen LogP contribution in [0.3, 0.4) is 0 Å². The summed E-state index contributed by atoms with van der Waals surface area (Å²) in [4.78, 5) is 3.16. The lowest BCUT2D eigenvalue weighted by Crippen LogP contribution is -2.20. The zero-order valence-corrected chi connectivity index (χ0v) is 12.0. The average molecular weight is 292 g/mol. The largest absolute Gasteiger partial charge is 0.491 e. The Labute approximate surface area is 128 Å². The van der Waals surface area contributed by atoms with Gasteiger partial charge in [0.2, 0.25) is 0 Å². The van der Waals surface area contributed by atoms with Crippen molar-refractivity contribution in [2.75, 3.05) is 6.61 Å². The third kappa shape index (κ3) is 3.11. The first-order chi connectivity index (χ1) is 10.8. The molecule has 0 aliphatic heterocycles. The third-order valence-corrected chi connectivity index (χ3v) is 3.54. The number of rotatable bonds is 5. The van der Waals surface area contributed by atoms with Crippen molar-refractivity contribution in [2.45, 2.75) is 12.5 Å². The van der Waals surface area contributed by atoms with Gasteiger partial charge in [0, 0.05) is 23.5 Å². The Kier molecular flexibility index (Phi) is 4.08. The summed E-state index contributed by atoms with van der Waals surface area (Å²) in [5, 5.41) is 20.1. The van der Waals surface area contributed by atoms with Gasteiger partial charge in [0.15, 0.2) is 0 Å². The van der Waals surface area contributed by atoms with E-state index in [1.165, 1.54) is 0 Å². The molecule has 2 aromatic carbocycles. The summed E-state index contributed by atoms with van der Waals surface area (Å²) in [6, 6.07) is 17.1. The van der Waals surface area contributed by atoms with E-state index in [9.17, 15) is 5.11 Å². The molecule has 1 atom stereocenters. The topological polar surface area (TPSA) is 69.0 Å². The van der Waals surface area contributed by atoms with Crippen LogP contribution >= 0.6 is 0 Å². The monoisotopic (exact) mass is 292 g/mol. The molecule has 0 fully saturated rings. The molecule has 110 valence electrons. The molecule has 4 heteroatoms. The van der Waals surface area contributed by atoms with E-state index in [1.807, 2.05) is 48.7 Å². The minimum Gasteiger partial charge on any atom is -0.491 e. The summed E-state index contributed by atoms with van der Waals surface area (Å²) in [7, 11) is 0. The van der Waals surface area contributed by atoms with Crippen LogP contribution in [0, 0.1) is 11.3 Å². The van der Waals surface area contributed by atoms with Gasteiger partial charge in [0.1, 0.15) is 12.4 Å². The molecule has 1 heterocycles. The number of benzene rings is 2. The zero-order valence-electron chi connectivity index (χ0n) is 12.0. The molecule has 2 N–H and O–H groups in total. The molecule has 0 saturated carbocycles. The van der Waals surface area contributed by atoms with Crippen LogP contribution < -0.4 is 4.74 Å². The normalized spacial score (nSPS) is 12.0. The number of para-hydroxylation sites is 1. The second kappa shape index (κ2) is 6.33. The van der Waals surface area contributed by atoms with Gasteiger partial charge in [-0.3, -0.25) is 0 Å². The summed E-state index contributed by atoms with van der Waals surface area (Å²) in [5.41, 5.74) is 2.56. The highest BCUT2D eigenvalue weighted by Crippen LogP contribution is 2.21. The molecule has 0 aliphatic rings. The average Bonchev–Trinajstić information content (AvgIpc) is 2.96. The fourth-order valence-electron chi connectivity index (χ4n) is 2.44. The van der Waals surface area contributed by atoms with E-state index in [2.05, 4.69) is 11.1 Å². The number of nitrogens with zero attached hydrogens (tertiary/aromatic N) is 1. The standard InChI is InChI=1S/C18H16N2O2/c19-10-13-6-7-18-17(8-13)14(11-20-18)9-15(21)12-22-16-4-2-1-3-5-16/h1-8,11,15,20-21H,9,12H2. The predicted molar refractivity (Wildman–Crippen MR) is 84.7 cm³/mol. The van der Waals surface area contributed by atoms with Gasteiger partial charge in [0.05, 0.1) is 17.7 Å². The fraction of sp³-hybridized carbons (Fsp3) is 0.167. The highest BCUT2D eigenvalue weighted by atomic mass is 16.5. The molecule has 1 aromatic heterocycles. The summed E-state index contributed by atoms with van der Waals surface area (Å²) in [6.07, 6.45) is 1.74. The molecule has 0 saturated heterocycles. The van der Waals surface area contributed by atoms with Gasteiger partial charge in [-0.15, -0.1) is 0 Å². The molecule has 0 spiro atoms. The van der Waals surface area contributed by atoms with Gasteiger partial charge < -0.3 is 14.8 Å². The van der Waals surface area contributed by atoms with Gasteiger partial charge >= 0.3 is 0 Å². The quantitative estimate of drug-likeness (QED) is 0.759. The molecule has 0 amide bonds. The number of aromatic amines is 1. The van der Waals surface area contributed by atoms with E-state index in [1.54, 1.807) is 6.07 Å². The number of fused-ring (bicyclic) bond motifs is 1. The number of aliphatic hydroxyl groups excluding tert-OH is 1. The SMILES string of the molecule is N#Cc1ccc2[nH]cc(CC(O)COc3ccccc3)c2c1. The Morgan fingerprint density at radius 1 is 1.18 bits per heavy atom. The maximum Gasteiger partial charge on any atom is 0.119 e. The lowest BCUT2D eigenvalue weighted by atomic mass is 10.1. The van der Waals surface area contributed by atoms with E-state index < -0.39 is 6.10 Å². The smallest absolute Gasteiger partial charge is 0.119 e. The Balaban J connectivity index is 1.69. The van der Waals surface area contributed by atoms with Gasteiger partial charge in [-0.2, -0.15) is 5.26 Å². The van der Waals surface area contributed by atoms with Crippen LogP contribution in [0.25, 0.3) is 10.9 Å². The number of H-pyrrole nitrogens is 1. The molecule has 0 bridgehead atoms. The van der Waals surface area contributed by atoms with Crippen molar-refractivity contribution in [3.8, 4) is 11.8 Å². The zero-order chi connectivity index (χ0) is 15.4. The van der Waals surface area contributed by atoms with Crippen molar-refractivity contribution in [3.63, 3.8) is 0 Å². The molecule has 4 nitrogen and oxygen atoms in total. The lowest BCUT2D eigenvalue weighted by molar-refractivity contribution is 0.108. The molecular weight excluding hydrogens is 276 g/mol. The van der Waals surface area contributed by atoms with Crippen molar-refractivity contribution < 1.29 is 9.84 Å².